The average molecular weight is 432 g/mol. The molecule has 1 aliphatic rings. The van der Waals surface area contributed by atoms with Crippen LogP contribution in [0.3, 0.4) is 0 Å². The molecular weight excluding hydrogens is 416 g/mol. The van der Waals surface area contributed by atoms with Crippen LogP contribution in [0.2, 0.25) is 9.36 Å². The Morgan fingerprint density at radius 3 is 2.28 bits per heavy atom. The fourth-order valence-corrected chi connectivity index (χ4v) is 4.42. The first-order valence-corrected chi connectivity index (χ1v) is 9.00. The molecule has 25 heavy (non-hydrogen) atoms. The number of hydrogen-bond donors (Lipinski definition) is 1. The van der Waals surface area contributed by atoms with Crippen molar-refractivity contribution in [2.24, 2.45) is 0 Å². The van der Waals surface area contributed by atoms with Crippen LogP contribution >= 0.6 is 46.9 Å². The highest BCUT2D eigenvalue weighted by molar-refractivity contribution is 7.16. The van der Waals surface area contributed by atoms with Gasteiger partial charge in [-0.25, -0.2) is 0 Å². The highest BCUT2D eigenvalue weighted by Crippen LogP contribution is 2.40. The monoisotopic (exact) mass is 430 g/mol. The van der Waals surface area contributed by atoms with Gasteiger partial charge in [0.15, 0.2) is 0 Å². The molecule has 0 saturated carbocycles. The van der Waals surface area contributed by atoms with Gasteiger partial charge in [0, 0.05) is 31.1 Å². The summed E-state index contributed by atoms with van der Waals surface area (Å²) in [6, 6.07) is 7.57. The number of halogens is 6. The third kappa shape index (κ3) is 4.81. The van der Waals surface area contributed by atoms with Gasteiger partial charge in [-0.2, -0.15) is 13.2 Å². The van der Waals surface area contributed by atoms with E-state index >= 15 is 0 Å². The molecule has 0 amide bonds. The van der Waals surface area contributed by atoms with Crippen LogP contribution in [-0.4, -0.2) is 31.1 Å². The van der Waals surface area contributed by atoms with Gasteiger partial charge >= 0.3 is 6.18 Å². The summed E-state index contributed by atoms with van der Waals surface area (Å²) in [4.78, 5) is 3.23. The van der Waals surface area contributed by atoms with E-state index < -0.39 is 11.7 Å². The summed E-state index contributed by atoms with van der Waals surface area (Å²) in [6.45, 7) is 3.28. The number of nitrogens with zero attached hydrogens (tertiary/aromatic N) is 1. The maximum atomic E-state index is 12.9. The Bertz CT molecular complexity index is 715. The topological polar surface area (TPSA) is 15.3 Å². The molecule has 1 aromatic carbocycles. The highest BCUT2D eigenvalue weighted by atomic mass is 35.5. The molecule has 1 aliphatic heterocycles. The first-order chi connectivity index (χ1) is 11.4. The van der Waals surface area contributed by atoms with E-state index in [-0.39, 0.29) is 23.5 Å². The van der Waals surface area contributed by atoms with Gasteiger partial charge in [0.25, 0.3) is 0 Å². The Morgan fingerprint density at radius 1 is 1.08 bits per heavy atom. The molecule has 9 heteroatoms. The third-order valence-electron chi connectivity index (χ3n) is 3.99. The van der Waals surface area contributed by atoms with E-state index in [2.05, 4.69) is 10.2 Å². The quantitative estimate of drug-likeness (QED) is 0.691. The van der Waals surface area contributed by atoms with Gasteiger partial charge in [0.05, 0.1) is 21.0 Å². The van der Waals surface area contributed by atoms with Crippen molar-refractivity contribution >= 4 is 46.9 Å². The van der Waals surface area contributed by atoms with Crippen molar-refractivity contribution in [2.45, 2.75) is 12.2 Å². The Labute approximate surface area is 164 Å². The zero-order valence-corrected chi connectivity index (χ0v) is 16.1. The van der Waals surface area contributed by atoms with Gasteiger partial charge in [-0.1, -0.05) is 29.3 Å². The molecule has 1 N–H and O–H groups in total. The number of hydrogen-bond acceptors (Lipinski definition) is 3. The van der Waals surface area contributed by atoms with E-state index in [4.69, 9.17) is 23.2 Å². The minimum absolute atomic E-state index is 0. The van der Waals surface area contributed by atoms with Crippen molar-refractivity contribution < 1.29 is 13.2 Å². The average Bonchev–Trinajstić information content (AvgIpc) is 2.93. The molecule has 2 heterocycles. The zero-order chi connectivity index (χ0) is 17.3. The standard InChI is InChI=1S/C16H15Cl2F3N2S.ClH/c17-12-9-10(1-2-11(12)16(19,20)21)15(13-3-4-14(18)24-13)23-7-5-22-6-8-23;/h1-4,9,15,22H,5-8H2;1H/t15-;/m1./s1. The summed E-state index contributed by atoms with van der Waals surface area (Å²) in [5.41, 5.74) is -0.0652. The lowest BCUT2D eigenvalue weighted by Crippen LogP contribution is -2.45. The normalized spacial score (nSPS) is 17.2. The van der Waals surface area contributed by atoms with Gasteiger partial charge in [0.1, 0.15) is 0 Å². The fourth-order valence-electron chi connectivity index (χ4n) is 2.90. The number of alkyl halides is 3. The number of rotatable bonds is 3. The molecule has 1 saturated heterocycles. The predicted octanol–water partition coefficient (Wildman–Crippen LogP) is 5.49. The summed E-state index contributed by atoms with van der Waals surface area (Å²) in [5, 5.41) is 3.00. The largest absolute Gasteiger partial charge is 0.417 e. The molecule has 3 rings (SSSR count). The highest BCUT2D eigenvalue weighted by Gasteiger charge is 2.34. The minimum Gasteiger partial charge on any atom is -0.314 e. The van der Waals surface area contributed by atoms with Crippen molar-refractivity contribution in [2.75, 3.05) is 26.2 Å². The Kier molecular flexibility index (Phi) is 7.04. The van der Waals surface area contributed by atoms with Crippen molar-refractivity contribution in [1.82, 2.24) is 10.2 Å². The molecule has 0 aliphatic carbocycles. The minimum atomic E-state index is -4.45. The molecule has 1 fully saturated rings. The van der Waals surface area contributed by atoms with Crippen LogP contribution in [0.15, 0.2) is 30.3 Å². The van der Waals surface area contributed by atoms with E-state index in [0.717, 1.165) is 42.7 Å². The number of piperazine rings is 1. The maximum absolute atomic E-state index is 12.9. The van der Waals surface area contributed by atoms with Crippen molar-refractivity contribution in [3.63, 3.8) is 0 Å². The molecule has 2 nitrogen and oxygen atoms in total. The second-order valence-electron chi connectivity index (χ2n) is 5.57. The molecule has 0 spiro atoms. The lowest BCUT2D eigenvalue weighted by molar-refractivity contribution is -0.137. The van der Waals surface area contributed by atoms with Crippen molar-refractivity contribution in [1.29, 1.82) is 0 Å². The summed E-state index contributed by atoms with van der Waals surface area (Å²) >= 11 is 13.4. The van der Waals surface area contributed by atoms with Gasteiger partial charge < -0.3 is 5.32 Å². The Morgan fingerprint density at radius 2 is 1.76 bits per heavy atom. The van der Waals surface area contributed by atoms with Crippen LogP contribution < -0.4 is 5.32 Å². The van der Waals surface area contributed by atoms with E-state index in [1.165, 1.54) is 23.5 Å². The van der Waals surface area contributed by atoms with Crippen LogP contribution in [0.25, 0.3) is 0 Å². The van der Waals surface area contributed by atoms with Gasteiger partial charge in [-0.05, 0) is 29.8 Å². The Balaban J connectivity index is 0.00000225. The first kappa shape index (κ1) is 20.8. The van der Waals surface area contributed by atoms with Crippen LogP contribution in [-0.2, 0) is 6.18 Å². The van der Waals surface area contributed by atoms with E-state index in [0.29, 0.717) is 4.34 Å². The summed E-state index contributed by atoms with van der Waals surface area (Å²) in [5.74, 6) is 0. The Hall–Kier alpha value is -0.500. The lowest BCUT2D eigenvalue weighted by Gasteiger charge is -2.35. The maximum Gasteiger partial charge on any atom is 0.417 e. The SMILES string of the molecule is Cl.FC(F)(F)c1ccc([C@H](c2ccc(Cl)s2)N2CCNCC2)cc1Cl. The molecule has 138 valence electrons. The zero-order valence-electron chi connectivity index (χ0n) is 12.9. The summed E-state index contributed by atoms with van der Waals surface area (Å²) < 4.78 is 39.5. The van der Waals surface area contributed by atoms with E-state index in [1.807, 2.05) is 12.1 Å². The first-order valence-electron chi connectivity index (χ1n) is 7.43. The second kappa shape index (κ2) is 8.46. The summed E-state index contributed by atoms with van der Waals surface area (Å²) in [7, 11) is 0. The molecule has 0 bridgehead atoms. The number of benzene rings is 1. The molecule has 1 aromatic heterocycles. The molecule has 1 atom stereocenters. The van der Waals surface area contributed by atoms with Crippen LogP contribution in [0.4, 0.5) is 13.2 Å². The third-order valence-corrected chi connectivity index (χ3v) is 5.59. The smallest absolute Gasteiger partial charge is 0.314 e. The predicted molar refractivity (Wildman–Crippen MR) is 99.3 cm³/mol. The van der Waals surface area contributed by atoms with E-state index in [9.17, 15) is 13.2 Å². The van der Waals surface area contributed by atoms with Crippen molar-refractivity contribution in [3.05, 3.63) is 55.7 Å². The van der Waals surface area contributed by atoms with Crippen molar-refractivity contribution in [3.8, 4) is 0 Å². The van der Waals surface area contributed by atoms with Gasteiger partial charge in [-0.15, -0.1) is 23.7 Å². The molecular formula is C16H16Cl3F3N2S. The van der Waals surface area contributed by atoms with E-state index in [1.54, 1.807) is 0 Å². The number of nitrogens with one attached hydrogen (secondary N) is 1. The number of thiophene rings is 1. The van der Waals surface area contributed by atoms with Gasteiger partial charge in [0.2, 0.25) is 0 Å². The van der Waals surface area contributed by atoms with Crippen LogP contribution in [0, 0.1) is 0 Å². The second-order valence-corrected chi connectivity index (χ2v) is 7.72. The molecule has 0 unspecified atom stereocenters. The molecule has 2 aromatic rings. The molecule has 0 radical (unpaired) electrons. The van der Waals surface area contributed by atoms with Gasteiger partial charge in [-0.3, -0.25) is 4.90 Å². The lowest BCUT2D eigenvalue weighted by atomic mass is 10.0. The van der Waals surface area contributed by atoms with Crippen LogP contribution in [0.1, 0.15) is 22.0 Å². The summed E-state index contributed by atoms with van der Waals surface area (Å²) in [6.07, 6.45) is -4.45. The van der Waals surface area contributed by atoms with Crippen LogP contribution in [0.5, 0.6) is 0 Å². The fraction of sp³-hybridized carbons (Fsp3) is 0.375.